The highest BCUT2D eigenvalue weighted by Crippen LogP contribution is 2.51. The third-order valence-electron chi connectivity index (χ3n) is 7.51. The van der Waals surface area contributed by atoms with E-state index in [0.717, 1.165) is 25.0 Å². The van der Waals surface area contributed by atoms with Crippen molar-refractivity contribution < 1.29 is 4.74 Å². The third kappa shape index (κ3) is 7.95. The molecule has 0 aromatic carbocycles. The van der Waals surface area contributed by atoms with E-state index in [9.17, 15) is 0 Å². The summed E-state index contributed by atoms with van der Waals surface area (Å²) in [6, 6.07) is 0. The number of ether oxygens (including phenoxy) is 1. The summed E-state index contributed by atoms with van der Waals surface area (Å²) < 4.78 is 6.74. The van der Waals surface area contributed by atoms with E-state index in [1.807, 2.05) is 13.8 Å². The highest BCUT2D eigenvalue weighted by Gasteiger charge is 2.45. The molecular weight excluding hydrogens is 352 g/mol. The molecule has 0 bridgehead atoms. The second-order valence-corrected chi connectivity index (χ2v) is 13.2. The molecule has 1 nitrogen and oxygen atoms in total. The van der Waals surface area contributed by atoms with Gasteiger partial charge in [-0.15, -0.1) is 0 Å². The summed E-state index contributed by atoms with van der Waals surface area (Å²) in [7, 11) is 0. The van der Waals surface area contributed by atoms with Gasteiger partial charge in [-0.2, -0.15) is 0 Å². The molecule has 0 aromatic heterocycles. The lowest BCUT2D eigenvalue weighted by molar-refractivity contribution is -0.0532. The number of hydrogen-bond acceptors (Lipinski definition) is 1. The maximum atomic E-state index is 6.74. The van der Waals surface area contributed by atoms with Crippen LogP contribution in [0.3, 0.4) is 0 Å². The van der Waals surface area contributed by atoms with E-state index in [1.54, 1.807) is 0 Å². The molecule has 1 rings (SSSR count). The molecule has 174 valence electrons. The minimum Gasteiger partial charge on any atom is -0.495 e. The van der Waals surface area contributed by atoms with E-state index in [1.165, 1.54) is 6.42 Å². The Hall–Kier alpha value is -0.460. The summed E-state index contributed by atoms with van der Waals surface area (Å²) in [4.78, 5) is 0. The van der Waals surface area contributed by atoms with Crippen LogP contribution in [0.15, 0.2) is 12.3 Å². The third-order valence-corrected chi connectivity index (χ3v) is 7.51. The zero-order valence-electron chi connectivity index (χ0n) is 22.8. The molecule has 1 aliphatic rings. The standard InChI is InChI=1S/C26H50O.C2H6/c1-18(2)17-26(13,25(10,11)12)19(3)27-22-15-20(23(4,5)6)14-21(16-22)24(7,8)9;1-2/h18,20-22H,3,14-17H2,1-2,4-13H3;1-2H3. The van der Waals surface area contributed by atoms with Crippen molar-refractivity contribution in [3.05, 3.63) is 12.3 Å². The van der Waals surface area contributed by atoms with Gasteiger partial charge in [-0.05, 0) is 59.7 Å². The Morgan fingerprint density at radius 2 is 1.17 bits per heavy atom. The van der Waals surface area contributed by atoms with E-state index in [2.05, 4.69) is 89.7 Å². The second-order valence-electron chi connectivity index (χ2n) is 13.2. The first-order valence-corrected chi connectivity index (χ1v) is 12.2. The fraction of sp³-hybridized carbons (Fsp3) is 0.929. The van der Waals surface area contributed by atoms with Crippen LogP contribution in [-0.2, 0) is 4.74 Å². The van der Waals surface area contributed by atoms with Crippen LogP contribution in [0.5, 0.6) is 0 Å². The molecule has 0 amide bonds. The summed E-state index contributed by atoms with van der Waals surface area (Å²) in [5.41, 5.74) is 0.791. The molecule has 3 unspecified atom stereocenters. The van der Waals surface area contributed by atoms with Crippen molar-refractivity contribution in [2.24, 2.45) is 39.4 Å². The molecule has 1 aliphatic carbocycles. The van der Waals surface area contributed by atoms with Crippen LogP contribution in [0, 0.1) is 39.4 Å². The fourth-order valence-electron chi connectivity index (χ4n) is 4.76. The molecule has 0 aromatic rings. The first kappa shape index (κ1) is 28.5. The Balaban J connectivity index is 0.00000379. The van der Waals surface area contributed by atoms with Crippen LogP contribution >= 0.6 is 0 Å². The maximum absolute atomic E-state index is 6.74. The van der Waals surface area contributed by atoms with Crippen LogP contribution < -0.4 is 0 Å². The van der Waals surface area contributed by atoms with Gasteiger partial charge in [0.05, 0.1) is 11.9 Å². The molecule has 0 heterocycles. The average molecular weight is 409 g/mol. The average Bonchev–Trinajstić information content (AvgIpc) is 2.53. The summed E-state index contributed by atoms with van der Waals surface area (Å²) in [5, 5.41) is 0. The van der Waals surface area contributed by atoms with Gasteiger partial charge in [0, 0.05) is 5.41 Å². The molecule has 0 spiro atoms. The summed E-state index contributed by atoms with van der Waals surface area (Å²) in [6.45, 7) is 36.8. The Bertz CT molecular complexity index is 472. The Morgan fingerprint density at radius 3 is 1.45 bits per heavy atom. The molecule has 1 heteroatoms. The summed E-state index contributed by atoms with van der Waals surface area (Å²) >= 11 is 0. The van der Waals surface area contributed by atoms with Gasteiger partial charge in [-0.1, -0.05) is 104 Å². The predicted molar refractivity (Wildman–Crippen MR) is 132 cm³/mol. The van der Waals surface area contributed by atoms with E-state index in [0.29, 0.717) is 34.7 Å². The van der Waals surface area contributed by atoms with Gasteiger partial charge in [0.25, 0.3) is 0 Å². The van der Waals surface area contributed by atoms with Crippen molar-refractivity contribution >= 4 is 0 Å². The zero-order valence-corrected chi connectivity index (χ0v) is 22.8. The first-order chi connectivity index (χ1) is 12.9. The summed E-state index contributed by atoms with van der Waals surface area (Å²) in [5.74, 6) is 3.06. The fourth-order valence-corrected chi connectivity index (χ4v) is 4.76. The number of rotatable bonds is 5. The van der Waals surface area contributed by atoms with Gasteiger partial charge < -0.3 is 4.74 Å². The monoisotopic (exact) mass is 408 g/mol. The minimum atomic E-state index is -0.00687. The normalized spacial score (nSPS) is 25.7. The quantitative estimate of drug-likeness (QED) is 0.411. The maximum Gasteiger partial charge on any atom is 0.0988 e. The lowest BCUT2D eigenvalue weighted by Gasteiger charge is -2.49. The van der Waals surface area contributed by atoms with Gasteiger partial charge in [-0.25, -0.2) is 0 Å². The van der Waals surface area contributed by atoms with Crippen molar-refractivity contribution in [1.29, 1.82) is 0 Å². The highest BCUT2D eigenvalue weighted by atomic mass is 16.5. The van der Waals surface area contributed by atoms with Crippen LogP contribution in [-0.4, -0.2) is 6.10 Å². The first-order valence-electron chi connectivity index (χ1n) is 12.2. The topological polar surface area (TPSA) is 9.23 Å². The van der Waals surface area contributed by atoms with Crippen molar-refractivity contribution in [3.63, 3.8) is 0 Å². The highest BCUT2D eigenvalue weighted by molar-refractivity contribution is 5.08. The largest absolute Gasteiger partial charge is 0.495 e. The van der Waals surface area contributed by atoms with Crippen molar-refractivity contribution in [3.8, 4) is 0 Å². The number of allylic oxidation sites excluding steroid dienone is 1. The van der Waals surface area contributed by atoms with Gasteiger partial charge in [0.2, 0.25) is 0 Å². The SMILES string of the molecule is C=C(OC1CC(C(C)(C)C)CC(C(C)(C)C)C1)C(C)(CC(C)C)C(C)(C)C.CC. The second kappa shape index (κ2) is 10.2. The molecular formula is C28H56O. The van der Waals surface area contributed by atoms with Crippen molar-refractivity contribution in [2.75, 3.05) is 0 Å². The van der Waals surface area contributed by atoms with Crippen LogP contribution in [0.2, 0.25) is 0 Å². The predicted octanol–water partition coefficient (Wildman–Crippen LogP) is 9.52. The summed E-state index contributed by atoms with van der Waals surface area (Å²) in [6.07, 6.45) is 5.07. The van der Waals surface area contributed by atoms with Gasteiger partial charge in [0.1, 0.15) is 0 Å². The Morgan fingerprint density at radius 1 is 0.793 bits per heavy atom. The molecule has 0 saturated heterocycles. The van der Waals surface area contributed by atoms with Crippen molar-refractivity contribution in [1.82, 2.24) is 0 Å². The Kier molecular flexibility index (Phi) is 10.1. The molecule has 29 heavy (non-hydrogen) atoms. The van der Waals surface area contributed by atoms with Gasteiger partial charge in [-0.3, -0.25) is 0 Å². The number of hydrogen-bond donors (Lipinski definition) is 0. The van der Waals surface area contributed by atoms with E-state index >= 15 is 0 Å². The molecule has 1 saturated carbocycles. The lowest BCUT2D eigenvalue weighted by atomic mass is 9.61. The minimum absolute atomic E-state index is 0.00687. The molecule has 0 aliphatic heterocycles. The van der Waals surface area contributed by atoms with E-state index in [-0.39, 0.29) is 10.8 Å². The van der Waals surface area contributed by atoms with E-state index in [4.69, 9.17) is 4.74 Å². The Labute approximate surface area is 185 Å². The van der Waals surface area contributed by atoms with Crippen LogP contribution in [0.25, 0.3) is 0 Å². The van der Waals surface area contributed by atoms with Crippen LogP contribution in [0.1, 0.15) is 123 Å². The molecule has 0 N–H and O–H groups in total. The zero-order chi connectivity index (χ0) is 23.4. The smallest absolute Gasteiger partial charge is 0.0988 e. The van der Waals surface area contributed by atoms with Gasteiger partial charge in [0.15, 0.2) is 0 Å². The van der Waals surface area contributed by atoms with Crippen LogP contribution in [0.4, 0.5) is 0 Å². The molecule has 0 radical (unpaired) electrons. The van der Waals surface area contributed by atoms with Gasteiger partial charge >= 0.3 is 0 Å². The van der Waals surface area contributed by atoms with Crippen molar-refractivity contribution in [2.45, 2.75) is 129 Å². The molecule has 3 atom stereocenters. The lowest BCUT2D eigenvalue weighted by Crippen LogP contribution is -2.42. The van der Waals surface area contributed by atoms with E-state index < -0.39 is 0 Å². The molecule has 1 fully saturated rings.